The Bertz CT molecular complexity index is 403. The average Bonchev–Trinajstić information content (AvgIpc) is 2.99. The van der Waals surface area contributed by atoms with E-state index in [1.165, 1.54) is 6.42 Å². The van der Waals surface area contributed by atoms with E-state index in [4.69, 9.17) is 0 Å². The van der Waals surface area contributed by atoms with Crippen molar-refractivity contribution in [3.8, 4) is 0 Å². The average molecular weight is 281 g/mol. The Balaban J connectivity index is 1.99. The first kappa shape index (κ1) is 15.3. The summed E-state index contributed by atoms with van der Waals surface area (Å²) in [6.45, 7) is 9.85. The smallest absolute Gasteiger partial charge is 0.307 e. The number of hydrogen-bond acceptors (Lipinski definition) is 2. The van der Waals surface area contributed by atoms with Gasteiger partial charge < -0.3 is 10.0 Å². The molecule has 2 fully saturated rings. The number of likely N-dealkylation sites (tertiary alicyclic amines) is 1. The molecule has 3 atom stereocenters. The molecule has 20 heavy (non-hydrogen) atoms. The van der Waals surface area contributed by atoms with E-state index in [0.29, 0.717) is 11.8 Å². The zero-order valence-electron chi connectivity index (χ0n) is 13.1. The van der Waals surface area contributed by atoms with Crippen LogP contribution in [0.5, 0.6) is 0 Å². The molecule has 0 bridgehead atoms. The van der Waals surface area contributed by atoms with E-state index >= 15 is 0 Å². The van der Waals surface area contributed by atoms with Crippen LogP contribution in [-0.2, 0) is 9.59 Å². The van der Waals surface area contributed by atoms with Crippen molar-refractivity contribution in [1.29, 1.82) is 0 Å². The van der Waals surface area contributed by atoms with Crippen LogP contribution in [-0.4, -0.2) is 35.0 Å². The molecular formula is C16H27NO3. The maximum Gasteiger partial charge on any atom is 0.307 e. The molecule has 0 radical (unpaired) electrons. The standard InChI is InChI=1S/C16H27NO3/c1-10(2)11-6-5-8-17(9-7-11)14(18)12-13(15(19)20)16(12,3)4/h10-13H,5-9H2,1-4H3,(H,19,20). The first-order chi connectivity index (χ1) is 9.26. The fourth-order valence-corrected chi connectivity index (χ4v) is 3.77. The van der Waals surface area contributed by atoms with Crippen LogP contribution in [0.2, 0.25) is 0 Å². The Kier molecular flexibility index (Phi) is 4.12. The largest absolute Gasteiger partial charge is 0.481 e. The molecule has 0 aromatic rings. The van der Waals surface area contributed by atoms with Gasteiger partial charge in [-0.05, 0) is 36.5 Å². The van der Waals surface area contributed by atoms with Crippen molar-refractivity contribution in [3.05, 3.63) is 0 Å². The molecule has 0 aromatic heterocycles. The molecule has 1 amide bonds. The van der Waals surface area contributed by atoms with Gasteiger partial charge in [0, 0.05) is 13.1 Å². The second kappa shape index (κ2) is 5.38. The number of amides is 1. The van der Waals surface area contributed by atoms with Gasteiger partial charge in [0.1, 0.15) is 0 Å². The second-order valence-electron chi connectivity index (χ2n) is 7.38. The Hall–Kier alpha value is -1.06. The summed E-state index contributed by atoms with van der Waals surface area (Å²) >= 11 is 0. The van der Waals surface area contributed by atoms with Crippen LogP contribution in [0.15, 0.2) is 0 Å². The van der Waals surface area contributed by atoms with Crippen molar-refractivity contribution in [1.82, 2.24) is 4.90 Å². The van der Waals surface area contributed by atoms with Crippen LogP contribution in [0.3, 0.4) is 0 Å². The number of rotatable bonds is 3. The maximum atomic E-state index is 12.6. The Morgan fingerprint density at radius 1 is 1.15 bits per heavy atom. The highest BCUT2D eigenvalue weighted by Crippen LogP contribution is 2.59. The zero-order valence-corrected chi connectivity index (χ0v) is 13.1. The van der Waals surface area contributed by atoms with Gasteiger partial charge in [0.2, 0.25) is 5.91 Å². The van der Waals surface area contributed by atoms with Gasteiger partial charge in [0.25, 0.3) is 0 Å². The van der Waals surface area contributed by atoms with E-state index in [1.807, 2.05) is 18.7 Å². The van der Waals surface area contributed by atoms with E-state index in [9.17, 15) is 14.7 Å². The Morgan fingerprint density at radius 2 is 1.80 bits per heavy atom. The van der Waals surface area contributed by atoms with Crippen molar-refractivity contribution >= 4 is 11.9 Å². The molecule has 1 saturated carbocycles. The highest BCUT2D eigenvalue weighted by Gasteiger charge is 2.66. The summed E-state index contributed by atoms with van der Waals surface area (Å²) in [4.78, 5) is 25.7. The van der Waals surface area contributed by atoms with E-state index in [2.05, 4.69) is 13.8 Å². The van der Waals surface area contributed by atoms with Crippen LogP contribution < -0.4 is 0 Å². The molecule has 4 nitrogen and oxygen atoms in total. The fraction of sp³-hybridized carbons (Fsp3) is 0.875. The molecule has 1 heterocycles. The SMILES string of the molecule is CC(C)C1CCCN(C(=O)C2C(C(=O)O)C2(C)C)CC1. The Labute approximate surface area is 121 Å². The van der Waals surface area contributed by atoms with E-state index < -0.39 is 11.9 Å². The summed E-state index contributed by atoms with van der Waals surface area (Å²) in [5, 5.41) is 9.21. The summed E-state index contributed by atoms with van der Waals surface area (Å²) in [7, 11) is 0. The van der Waals surface area contributed by atoms with E-state index in [-0.39, 0.29) is 17.2 Å². The lowest BCUT2D eigenvalue weighted by atomic mass is 9.89. The number of carbonyl (C=O) groups is 2. The van der Waals surface area contributed by atoms with Gasteiger partial charge >= 0.3 is 5.97 Å². The second-order valence-corrected chi connectivity index (χ2v) is 7.38. The van der Waals surface area contributed by atoms with Gasteiger partial charge in [-0.25, -0.2) is 0 Å². The lowest BCUT2D eigenvalue weighted by Crippen LogP contribution is -2.34. The van der Waals surface area contributed by atoms with Gasteiger partial charge in [0.05, 0.1) is 11.8 Å². The first-order valence-electron chi connectivity index (χ1n) is 7.78. The normalized spacial score (nSPS) is 32.9. The predicted molar refractivity (Wildman–Crippen MR) is 77.2 cm³/mol. The molecule has 0 spiro atoms. The van der Waals surface area contributed by atoms with Crippen molar-refractivity contribution in [2.45, 2.75) is 47.0 Å². The lowest BCUT2D eigenvalue weighted by molar-refractivity contribution is -0.142. The third-order valence-electron chi connectivity index (χ3n) is 5.39. The van der Waals surface area contributed by atoms with Gasteiger partial charge in [-0.1, -0.05) is 27.7 Å². The van der Waals surface area contributed by atoms with Gasteiger partial charge in [-0.3, -0.25) is 9.59 Å². The minimum atomic E-state index is -0.830. The monoisotopic (exact) mass is 281 g/mol. The number of hydrogen-bond donors (Lipinski definition) is 1. The van der Waals surface area contributed by atoms with Crippen LogP contribution in [0, 0.1) is 29.1 Å². The van der Waals surface area contributed by atoms with E-state index in [1.54, 1.807) is 0 Å². The topological polar surface area (TPSA) is 57.6 Å². The molecule has 1 N–H and O–H groups in total. The number of carboxylic acid groups (broad SMARTS) is 1. The number of carbonyl (C=O) groups excluding carboxylic acids is 1. The summed E-state index contributed by atoms with van der Waals surface area (Å²) < 4.78 is 0. The van der Waals surface area contributed by atoms with Gasteiger partial charge in [-0.15, -0.1) is 0 Å². The van der Waals surface area contributed by atoms with Crippen LogP contribution in [0.1, 0.15) is 47.0 Å². The molecule has 0 aromatic carbocycles. The molecule has 1 aliphatic heterocycles. The maximum absolute atomic E-state index is 12.6. The van der Waals surface area contributed by atoms with Crippen molar-refractivity contribution in [3.63, 3.8) is 0 Å². The van der Waals surface area contributed by atoms with Gasteiger partial charge in [0.15, 0.2) is 0 Å². The highest BCUT2D eigenvalue weighted by atomic mass is 16.4. The highest BCUT2D eigenvalue weighted by molar-refractivity contribution is 5.91. The summed E-state index contributed by atoms with van der Waals surface area (Å²) in [5.41, 5.74) is -0.382. The first-order valence-corrected chi connectivity index (χ1v) is 7.78. The van der Waals surface area contributed by atoms with Crippen molar-refractivity contribution < 1.29 is 14.7 Å². The molecular weight excluding hydrogens is 254 g/mol. The van der Waals surface area contributed by atoms with Crippen LogP contribution in [0.25, 0.3) is 0 Å². The molecule has 3 unspecified atom stereocenters. The minimum Gasteiger partial charge on any atom is -0.481 e. The lowest BCUT2D eigenvalue weighted by Gasteiger charge is -2.22. The minimum absolute atomic E-state index is 0.0619. The van der Waals surface area contributed by atoms with Crippen molar-refractivity contribution in [2.75, 3.05) is 13.1 Å². The summed E-state index contributed by atoms with van der Waals surface area (Å²) in [6.07, 6.45) is 3.27. The van der Waals surface area contributed by atoms with Crippen LogP contribution in [0.4, 0.5) is 0 Å². The van der Waals surface area contributed by atoms with Crippen LogP contribution >= 0.6 is 0 Å². The third kappa shape index (κ3) is 2.70. The van der Waals surface area contributed by atoms with Crippen molar-refractivity contribution in [2.24, 2.45) is 29.1 Å². The summed E-state index contributed by atoms with van der Waals surface area (Å²) in [5.74, 6) is -0.241. The molecule has 2 aliphatic rings. The fourth-order valence-electron chi connectivity index (χ4n) is 3.77. The molecule has 1 saturated heterocycles. The number of nitrogens with zero attached hydrogens (tertiary/aromatic N) is 1. The third-order valence-corrected chi connectivity index (χ3v) is 5.39. The van der Waals surface area contributed by atoms with E-state index in [0.717, 1.165) is 25.9 Å². The molecule has 4 heteroatoms. The predicted octanol–water partition coefficient (Wildman–Crippen LogP) is 2.63. The molecule has 2 rings (SSSR count). The number of aliphatic carboxylic acids is 1. The molecule has 1 aliphatic carbocycles. The zero-order chi connectivity index (χ0) is 15.1. The Morgan fingerprint density at radius 3 is 2.30 bits per heavy atom. The van der Waals surface area contributed by atoms with Gasteiger partial charge in [-0.2, -0.15) is 0 Å². The number of carboxylic acids is 1. The summed E-state index contributed by atoms with van der Waals surface area (Å²) in [6, 6.07) is 0. The quantitative estimate of drug-likeness (QED) is 0.865. The molecule has 114 valence electrons.